The highest BCUT2D eigenvalue weighted by Gasteiger charge is 2.14. The van der Waals surface area contributed by atoms with Crippen molar-refractivity contribution < 1.29 is 24.5 Å². The van der Waals surface area contributed by atoms with E-state index in [4.69, 9.17) is 9.47 Å². The second-order valence-corrected chi connectivity index (χ2v) is 4.52. The van der Waals surface area contributed by atoms with Crippen molar-refractivity contribution in [1.29, 1.82) is 0 Å². The first-order valence-corrected chi connectivity index (χ1v) is 6.51. The van der Waals surface area contributed by atoms with Gasteiger partial charge in [0.1, 0.15) is 5.75 Å². The van der Waals surface area contributed by atoms with Crippen LogP contribution in [0.2, 0.25) is 0 Å². The van der Waals surface area contributed by atoms with E-state index < -0.39 is 0 Å². The number of hydrogen-bond acceptors (Lipinski definition) is 5. The third-order valence-electron chi connectivity index (χ3n) is 3.06. The summed E-state index contributed by atoms with van der Waals surface area (Å²) in [5, 5.41) is 19.2. The van der Waals surface area contributed by atoms with E-state index in [0.717, 1.165) is 0 Å². The van der Waals surface area contributed by atoms with Crippen LogP contribution in [0.5, 0.6) is 23.0 Å². The van der Waals surface area contributed by atoms with Gasteiger partial charge in [-0.05, 0) is 35.9 Å². The van der Waals surface area contributed by atoms with Gasteiger partial charge < -0.3 is 19.7 Å². The Hall–Kier alpha value is -2.95. The molecule has 0 heterocycles. The molecule has 5 nitrogen and oxygen atoms in total. The quantitative estimate of drug-likeness (QED) is 0.655. The first kappa shape index (κ1) is 15.4. The summed E-state index contributed by atoms with van der Waals surface area (Å²) >= 11 is 0. The normalized spacial score (nSPS) is 10.6. The predicted molar refractivity (Wildman–Crippen MR) is 82.7 cm³/mol. The van der Waals surface area contributed by atoms with Crippen molar-refractivity contribution in [3.8, 4) is 23.0 Å². The molecule has 0 saturated heterocycles. The fourth-order valence-electron chi connectivity index (χ4n) is 1.93. The third-order valence-corrected chi connectivity index (χ3v) is 3.06. The molecule has 0 aliphatic heterocycles. The Bertz CT molecular complexity index is 694. The number of carbonyl (C=O) groups excluding carboxylic acids is 1. The molecule has 2 rings (SSSR count). The largest absolute Gasteiger partial charge is 0.508 e. The van der Waals surface area contributed by atoms with E-state index in [-0.39, 0.29) is 28.8 Å². The number of rotatable bonds is 5. The van der Waals surface area contributed by atoms with Crippen LogP contribution in [0.25, 0.3) is 6.08 Å². The molecule has 0 amide bonds. The molecule has 0 aliphatic carbocycles. The molecule has 0 fully saturated rings. The lowest BCUT2D eigenvalue weighted by molar-refractivity contribution is 0.104. The van der Waals surface area contributed by atoms with E-state index in [0.29, 0.717) is 11.1 Å². The van der Waals surface area contributed by atoms with Crippen LogP contribution in [0.15, 0.2) is 42.5 Å². The zero-order chi connectivity index (χ0) is 16.1. The van der Waals surface area contributed by atoms with Crippen molar-refractivity contribution in [3.05, 3.63) is 53.6 Å². The van der Waals surface area contributed by atoms with Gasteiger partial charge in [0.2, 0.25) is 5.75 Å². The maximum absolute atomic E-state index is 12.2. The fraction of sp³-hybridized carbons (Fsp3) is 0.118. The Labute approximate surface area is 128 Å². The zero-order valence-corrected chi connectivity index (χ0v) is 12.2. The van der Waals surface area contributed by atoms with Crippen molar-refractivity contribution in [2.45, 2.75) is 0 Å². The monoisotopic (exact) mass is 300 g/mol. The maximum atomic E-state index is 12.2. The molecule has 0 unspecified atom stereocenters. The molecule has 0 aliphatic rings. The van der Waals surface area contributed by atoms with Crippen LogP contribution in [0.1, 0.15) is 15.9 Å². The van der Waals surface area contributed by atoms with Crippen molar-refractivity contribution in [1.82, 2.24) is 0 Å². The molecule has 0 radical (unpaired) electrons. The van der Waals surface area contributed by atoms with Gasteiger partial charge in [0.15, 0.2) is 17.3 Å². The predicted octanol–water partition coefficient (Wildman–Crippen LogP) is 3.01. The molecule has 114 valence electrons. The molecule has 2 N–H and O–H groups in total. The van der Waals surface area contributed by atoms with Crippen LogP contribution in [0.4, 0.5) is 0 Å². The minimum Gasteiger partial charge on any atom is -0.508 e. The summed E-state index contributed by atoms with van der Waals surface area (Å²) in [7, 11) is 2.79. The summed E-state index contributed by atoms with van der Waals surface area (Å²) in [6.07, 6.45) is 2.97. The average Bonchev–Trinajstić information content (AvgIpc) is 2.53. The van der Waals surface area contributed by atoms with Crippen molar-refractivity contribution in [3.63, 3.8) is 0 Å². The van der Waals surface area contributed by atoms with Crippen molar-refractivity contribution in [2.24, 2.45) is 0 Å². The Morgan fingerprint density at radius 2 is 1.68 bits per heavy atom. The first-order chi connectivity index (χ1) is 10.5. The molecule has 0 saturated carbocycles. The smallest absolute Gasteiger partial charge is 0.200 e. The number of phenols is 2. The number of allylic oxidation sites excluding steroid dienone is 1. The van der Waals surface area contributed by atoms with Crippen molar-refractivity contribution >= 4 is 11.9 Å². The van der Waals surface area contributed by atoms with Gasteiger partial charge in [-0.25, -0.2) is 0 Å². The molecule has 22 heavy (non-hydrogen) atoms. The van der Waals surface area contributed by atoms with E-state index >= 15 is 0 Å². The van der Waals surface area contributed by atoms with E-state index in [1.165, 1.54) is 32.4 Å². The van der Waals surface area contributed by atoms with Gasteiger partial charge in [-0.3, -0.25) is 4.79 Å². The molecular formula is C17H16O5. The van der Waals surface area contributed by atoms with Crippen LogP contribution in [0.3, 0.4) is 0 Å². The minimum atomic E-state index is -0.278. The van der Waals surface area contributed by atoms with Gasteiger partial charge in [-0.2, -0.15) is 0 Å². The molecule has 0 spiro atoms. The second kappa shape index (κ2) is 6.67. The highest BCUT2D eigenvalue weighted by molar-refractivity contribution is 6.07. The number of ether oxygens (including phenoxy) is 2. The van der Waals surface area contributed by atoms with Gasteiger partial charge in [0.05, 0.1) is 14.2 Å². The summed E-state index contributed by atoms with van der Waals surface area (Å²) < 4.78 is 10.0. The topological polar surface area (TPSA) is 76.0 Å². The van der Waals surface area contributed by atoms with Gasteiger partial charge in [-0.15, -0.1) is 0 Å². The molecular weight excluding hydrogens is 284 g/mol. The number of phenolic OH excluding ortho intramolecular Hbond substituents is 2. The van der Waals surface area contributed by atoms with Gasteiger partial charge in [0, 0.05) is 5.56 Å². The Kier molecular flexibility index (Phi) is 4.68. The van der Waals surface area contributed by atoms with Crippen LogP contribution < -0.4 is 9.47 Å². The maximum Gasteiger partial charge on any atom is 0.200 e. The van der Waals surface area contributed by atoms with E-state index in [2.05, 4.69) is 0 Å². The summed E-state index contributed by atoms with van der Waals surface area (Å²) in [5.74, 6) is 0.0166. The average molecular weight is 300 g/mol. The van der Waals surface area contributed by atoms with Gasteiger partial charge in [-0.1, -0.05) is 18.2 Å². The summed E-state index contributed by atoms with van der Waals surface area (Å²) in [6.45, 7) is 0. The first-order valence-electron chi connectivity index (χ1n) is 6.51. The fourth-order valence-corrected chi connectivity index (χ4v) is 1.93. The molecule has 0 atom stereocenters. The second-order valence-electron chi connectivity index (χ2n) is 4.52. The molecule has 5 heteroatoms. The number of hydrogen-bond donors (Lipinski definition) is 2. The van der Waals surface area contributed by atoms with E-state index in [1.54, 1.807) is 30.3 Å². The molecule has 2 aromatic carbocycles. The third kappa shape index (κ3) is 3.38. The lowest BCUT2D eigenvalue weighted by Crippen LogP contribution is -1.98. The number of aromatic hydroxyl groups is 2. The number of ketones is 1. The standard InChI is InChI=1S/C17H16O5/c1-21-15-9-12(10-16(22-2)17(15)20)14(19)7-6-11-4-3-5-13(18)8-11/h3-10,18,20H,1-2H3/b7-6+. The van der Waals surface area contributed by atoms with Crippen LogP contribution in [-0.2, 0) is 0 Å². The summed E-state index contributed by atoms with van der Waals surface area (Å²) in [4.78, 5) is 12.2. The number of carbonyl (C=O) groups is 1. The molecule has 0 bridgehead atoms. The Morgan fingerprint density at radius 3 is 2.23 bits per heavy atom. The van der Waals surface area contributed by atoms with Gasteiger partial charge >= 0.3 is 0 Å². The lowest BCUT2D eigenvalue weighted by atomic mass is 10.1. The highest BCUT2D eigenvalue weighted by atomic mass is 16.5. The van der Waals surface area contributed by atoms with Crippen LogP contribution in [0, 0.1) is 0 Å². The van der Waals surface area contributed by atoms with Crippen molar-refractivity contribution in [2.75, 3.05) is 14.2 Å². The van der Waals surface area contributed by atoms with E-state index in [1.807, 2.05) is 0 Å². The van der Waals surface area contributed by atoms with E-state index in [9.17, 15) is 15.0 Å². The zero-order valence-electron chi connectivity index (χ0n) is 12.2. The van der Waals surface area contributed by atoms with Gasteiger partial charge in [0.25, 0.3) is 0 Å². The SMILES string of the molecule is COc1cc(C(=O)/C=C/c2cccc(O)c2)cc(OC)c1O. The molecule has 2 aromatic rings. The highest BCUT2D eigenvalue weighted by Crippen LogP contribution is 2.37. The molecule has 0 aromatic heterocycles. The summed E-state index contributed by atoms with van der Waals surface area (Å²) in [6, 6.07) is 9.42. The Balaban J connectivity index is 2.29. The lowest BCUT2D eigenvalue weighted by Gasteiger charge is -2.09. The number of methoxy groups -OCH3 is 2. The minimum absolute atomic E-state index is 0.127. The van der Waals surface area contributed by atoms with Crippen LogP contribution >= 0.6 is 0 Å². The number of benzene rings is 2. The summed E-state index contributed by atoms with van der Waals surface area (Å²) in [5.41, 5.74) is 1.02. The Morgan fingerprint density at radius 1 is 1.05 bits per heavy atom. The van der Waals surface area contributed by atoms with Crippen LogP contribution in [-0.4, -0.2) is 30.2 Å².